The zero-order valence-electron chi connectivity index (χ0n) is 12.1. The third-order valence-corrected chi connectivity index (χ3v) is 4.29. The predicted octanol–water partition coefficient (Wildman–Crippen LogP) is 1.29. The Bertz CT molecular complexity index is 544. The second-order valence-corrected chi connectivity index (χ2v) is 6.04. The van der Waals surface area contributed by atoms with Crippen LogP contribution >= 0.6 is 0 Å². The first-order chi connectivity index (χ1) is 9.42. The van der Waals surface area contributed by atoms with Crippen LogP contribution in [-0.4, -0.2) is 35.3 Å². The van der Waals surface area contributed by atoms with Gasteiger partial charge in [-0.25, -0.2) is 13.1 Å². The maximum absolute atomic E-state index is 12.2. The van der Waals surface area contributed by atoms with Crippen molar-refractivity contribution in [3.05, 3.63) is 17.7 Å². The first kappa shape index (κ1) is 16.7. The van der Waals surface area contributed by atoms with Gasteiger partial charge in [0, 0.05) is 25.4 Å². The van der Waals surface area contributed by atoms with Crippen LogP contribution in [-0.2, 0) is 14.8 Å². The normalized spacial score (nSPS) is 11.6. The minimum absolute atomic E-state index is 0.0551. The molecule has 0 fully saturated rings. The van der Waals surface area contributed by atoms with Gasteiger partial charge in [0.15, 0.2) is 0 Å². The van der Waals surface area contributed by atoms with Gasteiger partial charge in [-0.2, -0.15) is 0 Å². The Labute approximate surface area is 120 Å². The third kappa shape index (κ3) is 4.36. The van der Waals surface area contributed by atoms with Crippen LogP contribution < -0.4 is 15.2 Å². The van der Waals surface area contributed by atoms with E-state index in [2.05, 4.69) is 4.72 Å². The Balaban J connectivity index is 2.84. The number of benzene rings is 1. The molecule has 0 aromatic heterocycles. The molecule has 0 spiro atoms. The molecule has 0 heterocycles. The zero-order valence-corrected chi connectivity index (χ0v) is 12.9. The van der Waals surface area contributed by atoms with Crippen molar-refractivity contribution in [1.29, 1.82) is 0 Å². The molecule has 6 nitrogen and oxygen atoms in total. The fourth-order valence-corrected chi connectivity index (χ4v) is 2.91. The summed E-state index contributed by atoms with van der Waals surface area (Å²) in [5.41, 5.74) is 6.96. The molecule has 0 amide bonds. The van der Waals surface area contributed by atoms with Crippen LogP contribution in [0.1, 0.15) is 18.9 Å². The van der Waals surface area contributed by atoms with Crippen molar-refractivity contribution in [1.82, 2.24) is 4.72 Å². The summed E-state index contributed by atoms with van der Waals surface area (Å²) in [6, 6.07) is 3.03. The standard InChI is InChI=1S/C13H22N2O4S/c1-4-19-7-5-6-15-20(16,17)13-9-11(14)10(2)8-12(13)18-3/h8-9,15H,4-7,14H2,1-3H3. The molecule has 1 aromatic rings. The fourth-order valence-electron chi connectivity index (χ4n) is 1.65. The molecule has 0 bridgehead atoms. The first-order valence-electron chi connectivity index (χ1n) is 6.44. The van der Waals surface area contributed by atoms with E-state index < -0.39 is 10.0 Å². The average molecular weight is 302 g/mol. The van der Waals surface area contributed by atoms with Gasteiger partial charge < -0.3 is 15.2 Å². The minimum Gasteiger partial charge on any atom is -0.495 e. The van der Waals surface area contributed by atoms with Crippen molar-refractivity contribution in [3.8, 4) is 5.75 Å². The maximum Gasteiger partial charge on any atom is 0.244 e. The Morgan fingerprint density at radius 1 is 1.35 bits per heavy atom. The summed E-state index contributed by atoms with van der Waals surface area (Å²) in [7, 11) is -2.21. The van der Waals surface area contributed by atoms with Crippen LogP contribution in [0.3, 0.4) is 0 Å². The van der Waals surface area contributed by atoms with Gasteiger partial charge in [0.05, 0.1) is 7.11 Å². The SMILES string of the molecule is CCOCCCNS(=O)(=O)c1cc(N)c(C)cc1OC. The van der Waals surface area contributed by atoms with Gasteiger partial charge in [-0.15, -0.1) is 0 Å². The van der Waals surface area contributed by atoms with Crippen LogP contribution in [0.2, 0.25) is 0 Å². The molecule has 0 aliphatic heterocycles. The second-order valence-electron chi connectivity index (χ2n) is 4.31. The Morgan fingerprint density at radius 2 is 2.05 bits per heavy atom. The van der Waals surface area contributed by atoms with E-state index in [1.165, 1.54) is 13.2 Å². The number of sulfonamides is 1. The van der Waals surface area contributed by atoms with E-state index in [1.54, 1.807) is 13.0 Å². The molecule has 114 valence electrons. The van der Waals surface area contributed by atoms with E-state index >= 15 is 0 Å². The highest BCUT2D eigenvalue weighted by molar-refractivity contribution is 7.89. The molecule has 0 aliphatic carbocycles. The topological polar surface area (TPSA) is 90.7 Å². The van der Waals surface area contributed by atoms with E-state index in [0.717, 1.165) is 5.56 Å². The van der Waals surface area contributed by atoms with Crippen molar-refractivity contribution in [2.75, 3.05) is 32.6 Å². The quantitative estimate of drug-likeness (QED) is 0.558. The summed E-state index contributed by atoms with van der Waals surface area (Å²) in [5.74, 6) is 0.286. The van der Waals surface area contributed by atoms with E-state index in [9.17, 15) is 8.42 Å². The van der Waals surface area contributed by atoms with E-state index in [1.807, 2.05) is 6.92 Å². The van der Waals surface area contributed by atoms with Gasteiger partial charge in [0.1, 0.15) is 10.6 Å². The Morgan fingerprint density at radius 3 is 2.65 bits per heavy atom. The number of ether oxygens (including phenoxy) is 2. The fraction of sp³-hybridized carbons (Fsp3) is 0.538. The largest absolute Gasteiger partial charge is 0.495 e. The lowest BCUT2D eigenvalue weighted by Crippen LogP contribution is -2.26. The van der Waals surface area contributed by atoms with Crippen molar-refractivity contribution in [2.24, 2.45) is 0 Å². The van der Waals surface area contributed by atoms with Crippen LogP contribution in [0.15, 0.2) is 17.0 Å². The van der Waals surface area contributed by atoms with Gasteiger partial charge in [-0.05, 0) is 38.0 Å². The van der Waals surface area contributed by atoms with E-state index in [4.69, 9.17) is 15.2 Å². The molecule has 0 aliphatic rings. The number of rotatable bonds is 8. The Kier molecular flexibility index (Phi) is 6.25. The summed E-state index contributed by atoms with van der Waals surface area (Å²) in [6.07, 6.45) is 0.608. The van der Waals surface area contributed by atoms with Gasteiger partial charge in [-0.3, -0.25) is 0 Å². The van der Waals surface area contributed by atoms with Crippen molar-refractivity contribution >= 4 is 15.7 Å². The predicted molar refractivity (Wildman–Crippen MR) is 78.4 cm³/mol. The van der Waals surface area contributed by atoms with Crippen LogP contribution in [0.4, 0.5) is 5.69 Å². The lowest BCUT2D eigenvalue weighted by Gasteiger charge is -2.13. The highest BCUT2D eigenvalue weighted by Crippen LogP contribution is 2.28. The molecular weight excluding hydrogens is 280 g/mol. The highest BCUT2D eigenvalue weighted by Gasteiger charge is 2.20. The lowest BCUT2D eigenvalue weighted by molar-refractivity contribution is 0.146. The first-order valence-corrected chi connectivity index (χ1v) is 7.92. The van der Waals surface area contributed by atoms with Gasteiger partial charge >= 0.3 is 0 Å². The van der Waals surface area contributed by atoms with Crippen LogP contribution in [0.25, 0.3) is 0 Å². The third-order valence-electron chi connectivity index (χ3n) is 2.80. The van der Waals surface area contributed by atoms with Crippen LogP contribution in [0.5, 0.6) is 5.75 Å². The summed E-state index contributed by atoms with van der Waals surface area (Å²) in [5, 5.41) is 0. The molecule has 1 aromatic carbocycles. The van der Waals surface area contributed by atoms with Crippen molar-refractivity contribution < 1.29 is 17.9 Å². The number of methoxy groups -OCH3 is 1. The van der Waals surface area contributed by atoms with Crippen LogP contribution in [0, 0.1) is 6.92 Å². The summed E-state index contributed by atoms with van der Waals surface area (Å²) < 4.78 is 37.2. The minimum atomic E-state index is -3.64. The summed E-state index contributed by atoms with van der Waals surface area (Å²) in [4.78, 5) is 0.0551. The van der Waals surface area contributed by atoms with Crippen molar-refractivity contribution in [3.63, 3.8) is 0 Å². The van der Waals surface area contributed by atoms with Gasteiger partial charge in [-0.1, -0.05) is 0 Å². The molecule has 7 heteroatoms. The van der Waals surface area contributed by atoms with Gasteiger partial charge in [0.25, 0.3) is 0 Å². The molecule has 20 heavy (non-hydrogen) atoms. The number of anilines is 1. The monoisotopic (exact) mass is 302 g/mol. The molecule has 0 saturated heterocycles. The highest BCUT2D eigenvalue weighted by atomic mass is 32.2. The molecule has 0 unspecified atom stereocenters. The van der Waals surface area contributed by atoms with E-state index in [0.29, 0.717) is 31.9 Å². The number of hydrogen-bond acceptors (Lipinski definition) is 5. The number of nitrogens with two attached hydrogens (primary N) is 1. The average Bonchev–Trinajstić information content (AvgIpc) is 2.41. The summed E-state index contributed by atoms with van der Waals surface area (Å²) >= 11 is 0. The molecular formula is C13H22N2O4S. The number of nitrogen functional groups attached to an aromatic ring is 1. The smallest absolute Gasteiger partial charge is 0.244 e. The molecule has 0 saturated carbocycles. The second kappa shape index (κ2) is 7.47. The van der Waals surface area contributed by atoms with Gasteiger partial charge in [0.2, 0.25) is 10.0 Å². The number of nitrogens with one attached hydrogen (secondary N) is 1. The Hall–Kier alpha value is -1.31. The number of aryl methyl sites for hydroxylation is 1. The molecule has 0 atom stereocenters. The molecule has 1 rings (SSSR count). The molecule has 3 N–H and O–H groups in total. The van der Waals surface area contributed by atoms with E-state index in [-0.39, 0.29) is 10.6 Å². The maximum atomic E-state index is 12.2. The lowest BCUT2D eigenvalue weighted by atomic mass is 10.2. The molecule has 0 radical (unpaired) electrons. The van der Waals surface area contributed by atoms with Crippen molar-refractivity contribution in [2.45, 2.75) is 25.2 Å². The summed E-state index contributed by atoms with van der Waals surface area (Å²) in [6.45, 7) is 5.13. The number of hydrogen-bond donors (Lipinski definition) is 2. The zero-order chi connectivity index (χ0) is 15.2.